The number of nitrogens with zero attached hydrogens (tertiary/aromatic N) is 1. The van der Waals surface area contributed by atoms with E-state index in [1.807, 2.05) is 44.0 Å². The zero-order valence-corrected chi connectivity index (χ0v) is 15.7. The summed E-state index contributed by atoms with van der Waals surface area (Å²) < 4.78 is 13.8. The molecule has 2 rings (SSSR count). The molecule has 0 saturated heterocycles. The number of hydrogen-bond acceptors (Lipinski definition) is 2. The fourth-order valence-corrected chi connectivity index (χ4v) is 2.98. The summed E-state index contributed by atoms with van der Waals surface area (Å²) in [5.41, 5.74) is 3.49. The maximum Gasteiger partial charge on any atom is 0.224 e. The minimum atomic E-state index is -0.299. The monoisotopic (exact) mass is 362 g/mol. The molecule has 2 aromatic rings. The van der Waals surface area contributed by atoms with Crippen molar-refractivity contribution in [3.8, 4) is 0 Å². The van der Waals surface area contributed by atoms with Crippen LogP contribution in [-0.2, 0) is 11.3 Å². The van der Waals surface area contributed by atoms with Gasteiger partial charge in [-0.1, -0.05) is 35.9 Å². The summed E-state index contributed by atoms with van der Waals surface area (Å²) in [7, 11) is 1.90. The molecule has 1 amide bonds. The quantitative estimate of drug-likeness (QED) is 0.756. The van der Waals surface area contributed by atoms with Crippen LogP contribution in [0.15, 0.2) is 36.4 Å². The van der Waals surface area contributed by atoms with Gasteiger partial charge in [0, 0.05) is 29.2 Å². The lowest BCUT2D eigenvalue weighted by Gasteiger charge is -2.18. The van der Waals surface area contributed by atoms with Crippen molar-refractivity contribution in [2.24, 2.45) is 0 Å². The molecule has 1 N–H and O–H groups in total. The van der Waals surface area contributed by atoms with Gasteiger partial charge < -0.3 is 10.2 Å². The molecule has 0 aliphatic carbocycles. The normalized spacial score (nSPS) is 11.0. The van der Waals surface area contributed by atoms with Crippen molar-refractivity contribution in [2.75, 3.05) is 18.9 Å². The van der Waals surface area contributed by atoms with E-state index in [4.69, 9.17) is 11.6 Å². The highest BCUT2D eigenvalue weighted by molar-refractivity contribution is 6.31. The Hall–Kier alpha value is -1.91. The molecule has 2 aromatic carbocycles. The summed E-state index contributed by atoms with van der Waals surface area (Å²) >= 11 is 6.05. The minimum Gasteiger partial charge on any atom is -0.326 e. The van der Waals surface area contributed by atoms with Gasteiger partial charge in [-0.05, 0) is 57.1 Å². The van der Waals surface area contributed by atoms with Gasteiger partial charge in [0.05, 0.1) is 0 Å². The molecular weight excluding hydrogens is 339 g/mol. The van der Waals surface area contributed by atoms with E-state index in [0.29, 0.717) is 36.5 Å². The van der Waals surface area contributed by atoms with Gasteiger partial charge in [0.25, 0.3) is 0 Å². The van der Waals surface area contributed by atoms with Crippen LogP contribution in [0.5, 0.6) is 0 Å². The number of benzene rings is 2. The number of halogens is 2. The number of anilines is 1. The maximum atomic E-state index is 13.8. The Morgan fingerprint density at radius 3 is 2.44 bits per heavy atom. The molecule has 0 aliphatic heterocycles. The van der Waals surface area contributed by atoms with Crippen LogP contribution in [0.1, 0.15) is 29.5 Å². The smallest absolute Gasteiger partial charge is 0.224 e. The molecule has 0 saturated carbocycles. The van der Waals surface area contributed by atoms with Gasteiger partial charge in [-0.25, -0.2) is 4.39 Å². The number of rotatable bonds is 7. The second kappa shape index (κ2) is 8.97. The van der Waals surface area contributed by atoms with Gasteiger partial charge in [0.15, 0.2) is 0 Å². The van der Waals surface area contributed by atoms with Gasteiger partial charge >= 0.3 is 0 Å². The first-order chi connectivity index (χ1) is 11.9. The summed E-state index contributed by atoms with van der Waals surface area (Å²) in [6.45, 7) is 5.07. The Bertz CT molecular complexity index is 708. The van der Waals surface area contributed by atoms with Gasteiger partial charge in [-0.3, -0.25) is 4.79 Å². The van der Waals surface area contributed by atoms with Crippen molar-refractivity contribution in [3.05, 3.63) is 63.9 Å². The van der Waals surface area contributed by atoms with Gasteiger partial charge in [0.1, 0.15) is 5.82 Å². The largest absolute Gasteiger partial charge is 0.326 e. The van der Waals surface area contributed by atoms with Crippen LogP contribution in [0.25, 0.3) is 0 Å². The molecule has 3 nitrogen and oxygen atoms in total. The Kier molecular flexibility index (Phi) is 6.97. The lowest BCUT2D eigenvalue weighted by molar-refractivity contribution is -0.116. The molecule has 0 aliphatic rings. The molecule has 0 atom stereocenters. The van der Waals surface area contributed by atoms with Crippen LogP contribution in [0.2, 0.25) is 5.02 Å². The van der Waals surface area contributed by atoms with Crippen molar-refractivity contribution in [1.29, 1.82) is 0 Å². The van der Waals surface area contributed by atoms with Gasteiger partial charge in [-0.15, -0.1) is 0 Å². The Balaban J connectivity index is 1.81. The van der Waals surface area contributed by atoms with E-state index in [1.165, 1.54) is 6.07 Å². The van der Waals surface area contributed by atoms with Crippen molar-refractivity contribution >= 4 is 23.2 Å². The number of hydrogen-bond donors (Lipinski definition) is 1. The standard InChI is InChI=1S/C20H24ClFN2O/c1-14-7-4-8-15(2)20(14)23-19(25)11-6-12-24(3)13-16-17(21)9-5-10-18(16)22/h4-5,7-10H,6,11-13H2,1-3H3,(H,23,25). The van der Waals surface area contributed by atoms with Crippen molar-refractivity contribution in [2.45, 2.75) is 33.2 Å². The number of aryl methyl sites for hydroxylation is 2. The average molecular weight is 363 g/mol. The Labute approximate surface area is 153 Å². The first kappa shape index (κ1) is 19.4. The first-order valence-corrected chi connectivity index (χ1v) is 8.73. The Morgan fingerprint density at radius 2 is 1.80 bits per heavy atom. The fourth-order valence-electron chi connectivity index (χ4n) is 2.76. The second-order valence-corrected chi connectivity index (χ2v) is 6.76. The third-order valence-corrected chi connectivity index (χ3v) is 4.53. The van der Waals surface area contributed by atoms with E-state index in [0.717, 1.165) is 16.8 Å². The number of carbonyl (C=O) groups excluding carboxylic acids is 1. The summed E-state index contributed by atoms with van der Waals surface area (Å²) in [6, 6.07) is 10.6. The van der Waals surface area contributed by atoms with Crippen LogP contribution in [0.4, 0.5) is 10.1 Å². The molecule has 0 unspecified atom stereocenters. The van der Waals surface area contributed by atoms with Gasteiger partial charge in [0.2, 0.25) is 5.91 Å². The highest BCUT2D eigenvalue weighted by Crippen LogP contribution is 2.21. The molecule has 0 heterocycles. The van der Waals surface area contributed by atoms with E-state index >= 15 is 0 Å². The number of carbonyl (C=O) groups is 1. The summed E-state index contributed by atoms with van der Waals surface area (Å²) in [6.07, 6.45) is 1.11. The predicted molar refractivity (Wildman–Crippen MR) is 102 cm³/mol. The molecule has 0 fully saturated rings. The number of nitrogens with one attached hydrogen (secondary N) is 1. The average Bonchev–Trinajstić information content (AvgIpc) is 2.55. The lowest BCUT2D eigenvalue weighted by Crippen LogP contribution is -2.22. The summed E-state index contributed by atoms with van der Waals surface area (Å²) in [4.78, 5) is 14.1. The van der Waals surface area contributed by atoms with Crippen molar-refractivity contribution in [3.63, 3.8) is 0 Å². The summed E-state index contributed by atoms with van der Waals surface area (Å²) in [5, 5.41) is 3.41. The zero-order chi connectivity index (χ0) is 18.4. The molecule has 0 bridgehead atoms. The van der Waals surface area contributed by atoms with Crippen LogP contribution in [0, 0.1) is 19.7 Å². The van der Waals surface area contributed by atoms with E-state index in [-0.39, 0.29) is 11.7 Å². The second-order valence-electron chi connectivity index (χ2n) is 6.36. The topological polar surface area (TPSA) is 32.3 Å². The van der Waals surface area contributed by atoms with Crippen molar-refractivity contribution < 1.29 is 9.18 Å². The highest BCUT2D eigenvalue weighted by Gasteiger charge is 2.11. The molecule has 0 spiro atoms. The highest BCUT2D eigenvalue weighted by atomic mass is 35.5. The molecule has 5 heteroatoms. The van der Waals surface area contributed by atoms with Crippen LogP contribution in [0.3, 0.4) is 0 Å². The van der Waals surface area contributed by atoms with Crippen LogP contribution >= 0.6 is 11.6 Å². The third-order valence-electron chi connectivity index (χ3n) is 4.18. The number of amides is 1. The van der Waals surface area contributed by atoms with E-state index in [1.54, 1.807) is 12.1 Å². The maximum absolute atomic E-state index is 13.8. The predicted octanol–water partition coefficient (Wildman–Crippen LogP) is 4.95. The molecule has 0 radical (unpaired) electrons. The SMILES string of the molecule is Cc1cccc(C)c1NC(=O)CCCN(C)Cc1c(F)cccc1Cl. The van der Waals surface area contributed by atoms with E-state index < -0.39 is 0 Å². The van der Waals surface area contributed by atoms with Gasteiger partial charge in [-0.2, -0.15) is 0 Å². The summed E-state index contributed by atoms with van der Waals surface area (Å²) in [5.74, 6) is -0.304. The zero-order valence-electron chi connectivity index (χ0n) is 14.9. The molecular formula is C20H24ClFN2O. The molecule has 0 aromatic heterocycles. The Morgan fingerprint density at radius 1 is 1.16 bits per heavy atom. The first-order valence-electron chi connectivity index (χ1n) is 8.36. The van der Waals surface area contributed by atoms with E-state index in [9.17, 15) is 9.18 Å². The number of para-hydroxylation sites is 1. The fraction of sp³-hybridized carbons (Fsp3) is 0.350. The minimum absolute atomic E-state index is 0.00489. The van der Waals surface area contributed by atoms with E-state index in [2.05, 4.69) is 5.32 Å². The molecule has 25 heavy (non-hydrogen) atoms. The third kappa shape index (κ3) is 5.55. The van der Waals surface area contributed by atoms with Crippen molar-refractivity contribution in [1.82, 2.24) is 4.90 Å². The molecule has 134 valence electrons. The van der Waals surface area contributed by atoms with Crippen LogP contribution < -0.4 is 5.32 Å². The lowest BCUT2D eigenvalue weighted by atomic mass is 10.1. The van der Waals surface area contributed by atoms with Crippen LogP contribution in [-0.4, -0.2) is 24.4 Å².